The number of rotatable bonds is 4. The maximum atomic E-state index is 12.3. The SMILES string of the molecule is C[C@@]1(CO)CN=C(c2cccnc2OC(F)F)S1. The number of aliphatic imine (C=N–C) groups is 1. The molecule has 7 heteroatoms. The maximum absolute atomic E-state index is 12.3. The molecule has 1 atom stereocenters. The zero-order valence-corrected chi connectivity index (χ0v) is 10.5. The first-order valence-corrected chi connectivity index (χ1v) is 6.10. The van der Waals surface area contributed by atoms with Gasteiger partial charge in [0.1, 0.15) is 5.04 Å². The predicted octanol–water partition coefficient (Wildman–Crippen LogP) is 1.93. The molecule has 0 radical (unpaired) electrons. The summed E-state index contributed by atoms with van der Waals surface area (Å²) in [5, 5.41) is 9.81. The number of nitrogens with zero attached hydrogens (tertiary/aromatic N) is 2. The first-order chi connectivity index (χ1) is 8.54. The van der Waals surface area contributed by atoms with Crippen molar-refractivity contribution in [2.75, 3.05) is 13.2 Å². The molecule has 1 aromatic heterocycles. The number of aliphatic hydroxyl groups excluding tert-OH is 1. The third-order valence-corrected chi connectivity index (χ3v) is 3.73. The molecule has 2 heterocycles. The van der Waals surface area contributed by atoms with Crippen LogP contribution in [0.1, 0.15) is 12.5 Å². The maximum Gasteiger partial charge on any atom is 0.388 e. The molecule has 0 aliphatic carbocycles. The van der Waals surface area contributed by atoms with Gasteiger partial charge in [-0.15, -0.1) is 0 Å². The number of ether oxygens (including phenoxy) is 1. The third kappa shape index (κ3) is 2.78. The lowest BCUT2D eigenvalue weighted by Gasteiger charge is -2.18. The summed E-state index contributed by atoms with van der Waals surface area (Å²) in [6.45, 7) is -0.657. The van der Waals surface area contributed by atoms with Crippen molar-refractivity contribution in [3.05, 3.63) is 23.9 Å². The molecule has 2 rings (SSSR count). The van der Waals surface area contributed by atoms with Crippen molar-refractivity contribution in [1.29, 1.82) is 0 Å². The number of alkyl halides is 2. The minimum Gasteiger partial charge on any atom is -0.416 e. The molecule has 4 nitrogen and oxygen atoms in total. The highest BCUT2D eigenvalue weighted by Crippen LogP contribution is 2.37. The van der Waals surface area contributed by atoms with Gasteiger partial charge in [0, 0.05) is 6.20 Å². The molecule has 1 aliphatic heterocycles. The van der Waals surface area contributed by atoms with Crippen LogP contribution >= 0.6 is 11.8 Å². The Labute approximate surface area is 107 Å². The minimum atomic E-state index is -2.92. The molecule has 0 unspecified atom stereocenters. The highest BCUT2D eigenvalue weighted by Gasteiger charge is 2.33. The Hall–Kier alpha value is -1.21. The summed E-state index contributed by atoms with van der Waals surface area (Å²) in [5.41, 5.74) is 0.431. The van der Waals surface area contributed by atoms with Crippen molar-refractivity contribution in [2.24, 2.45) is 4.99 Å². The Morgan fingerprint density at radius 1 is 1.61 bits per heavy atom. The van der Waals surface area contributed by atoms with Crippen LogP contribution in [0.25, 0.3) is 0 Å². The molecule has 0 bridgehead atoms. The number of aromatic nitrogens is 1. The molecule has 1 aliphatic rings. The summed E-state index contributed by atoms with van der Waals surface area (Å²) in [6.07, 6.45) is 1.38. The van der Waals surface area contributed by atoms with Crippen molar-refractivity contribution in [2.45, 2.75) is 18.3 Å². The summed E-state index contributed by atoms with van der Waals surface area (Å²) in [5.74, 6) is -0.138. The van der Waals surface area contributed by atoms with Gasteiger partial charge in [-0.25, -0.2) is 4.98 Å². The largest absolute Gasteiger partial charge is 0.416 e. The van der Waals surface area contributed by atoms with E-state index in [9.17, 15) is 13.9 Å². The van der Waals surface area contributed by atoms with Crippen LogP contribution in [0.2, 0.25) is 0 Å². The smallest absolute Gasteiger partial charge is 0.388 e. The highest BCUT2D eigenvalue weighted by molar-refractivity contribution is 8.15. The summed E-state index contributed by atoms with van der Waals surface area (Å²) in [6, 6.07) is 3.25. The minimum absolute atomic E-state index is 0.0318. The van der Waals surface area contributed by atoms with Crippen molar-refractivity contribution in [3.8, 4) is 5.88 Å². The van der Waals surface area contributed by atoms with E-state index < -0.39 is 11.4 Å². The predicted molar refractivity (Wildman–Crippen MR) is 65.4 cm³/mol. The molecule has 0 fully saturated rings. The van der Waals surface area contributed by atoms with Crippen LogP contribution in [0.4, 0.5) is 8.78 Å². The lowest BCUT2D eigenvalue weighted by Crippen LogP contribution is -2.26. The average molecular weight is 274 g/mol. The average Bonchev–Trinajstić information content (AvgIpc) is 2.73. The van der Waals surface area contributed by atoms with Crippen LogP contribution in [0.5, 0.6) is 5.88 Å². The monoisotopic (exact) mass is 274 g/mol. The summed E-state index contributed by atoms with van der Waals surface area (Å²) >= 11 is 1.34. The van der Waals surface area contributed by atoms with E-state index in [0.717, 1.165) is 0 Å². The quantitative estimate of drug-likeness (QED) is 0.911. The van der Waals surface area contributed by atoms with Crippen LogP contribution in [-0.4, -0.2) is 39.6 Å². The van der Waals surface area contributed by atoms with Gasteiger partial charge in [-0.05, 0) is 19.1 Å². The molecule has 0 spiro atoms. The standard InChI is InChI=1S/C11H12F2N2O2S/c1-11(6-16)5-15-9(18-11)7-3-2-4-14-8(7)17-10(12)13/h2-4,10,16H,5-6H2,1H3/t11-/m0/s1. The van der Waals surface area contributed by atoms with Crippen LogP contribution < -0.4 is 4.74 Å². The second kappa shape index (κ2) is 5.19. The van der Waals surface area contributed by atoms with Gasteiger partial charge < -0.3 is 9.84 Å². The number of aliphatic hydroxyl groups is 1. The third-order valence-electron chi connectivity index (χ3n) is 2.44. The topological polar surface area (TPSA) is 54.7 Å². The molecule has 98 valence electrons. The fourth-order valence-corrected chi connectivity index (χ4v) is 2.55. The van der Waals surface area contributed by atoms with Crippen molar-refractivity contribution >= 4 is 16.8 Å². The van der Waals surface area contributed by atoms with E-state index in [1.807, 2.05) is 6.92 Å². The number of hydrogen-bond acceptors (Lipinski definition) is 5. The van der Waals surface area contributed by atoms with E-state index in [4.69, 9.17) is 0 Å². The molecule has 1 N–H and O–H groups in total. The summed E-state index contributed by atoms with van der Waals surface area (Å²) in [4.78, 5) is 8.03. The van der Waals surface area contributed by atoms with Crippen LogP contribution in [0.15, 0.2) is 23.3 Å². The first kappa shape index (κ1) is 13.2. The Kier molecular flexibility index (Phi) is 3.82. The van der Waals surface area contributed by atoms with Crippen molar-refractivity contribution in [3.63, 3.8) is 0 Å². The van der Waals surface area contributed by atoms with E-state index in [1.54, 1.807) is 12.1 Å². The lowest BCUT2D eigenvalue weighted by atomic mass is 10.2. The second-order valence-corrected chi connectivity index (χ2v) is 5.64. The fourth-order valence-electron chi connectivity index (χ4n) is 1.49. The van der Waals surface area contributed by atoms with Crippen LogP contribution in [-0.2, 0) is 0 Å². The van der Waals surface area contributed by atoms with Gasteiger partial charge >= 0.3 is 6.61 Å². The Bertz CT molecular complexity index is 470. The van der Waals surface area contributed by atoms with Crippen LogP contribution in [0, 0.1) is 0 Å². The van der Waals surface area contributed by atoms with Crippen molar-refractivity contribution in [1.82, 2.24) is 4.98 Å². The zero-order valence-electron chi connectivity index (χ0n) is 9.64. The van der Waals surface area contributed by atoms with Gasteiger partial charge in [0.15, 0.2) is 0 Å². The Balaban J connectivity index is 2.24. The summed E-state index contributed by atoms with van der Waals surface area (Å²) in [7, 11) is 0. The van der Waals surface area contributed by atoms with Gasteiger partial charge in [0.25, 0.3) is 0 Å². The molecule has 0 saturated heterocycles. The first-order valence-electron chi connectivity index (χ1n) is 5.28. The fraction of sp³-hybridized carbons (Fsp3) is 0.455. The van der Waals surface area contributed by atoms with Gasteiger partial charge in [-0.1, -0.05) is 11.8 Å². The van der Waals surface area contributed by atoms with Crippen LogP contribution in [0.3, 0.4) is 0 Å². The molecular weight excluding hydrogens is 262 g/mol. The number of hydrogen-bond donors (Lipinski definition) is 1. The normalized spacial score (nSPS) is 23.3. The molecule has 0 amide bonds. The van der Waals surface area contributed by atoms with E-state index >= 15 is 0 Å². The molecule has 1 aromatic rings. The van der Waals surface area contributed by atoms with Gasteiger partial charge in [0.05, 0.1) is 23.5 Å². The van der Waals surface area contributed by atoms with Crippen molar-refractivity contribution < 1.29 is 18.6 Å². The number of thioether (sulfide) groups is 1. The highest BCUT2D eigenvalue weighted by atomic mass is 32.2. The molecule has 0 saturated carbocycles. The lowest BCUT2D eigenvalue weighted by molar-refractivity contribution is -0.0529. The number of halogens is 2. The Morgan fingerprint density at radius 3 is 3.00 bits per heavy atom. The summed E-state index contributed by atoms with van der Waals surface area (Å²) < 4.78 is 28.5. The van der Waals surface area contributed by atoms with E-state index in [2.05, 4.69) is 14.7 Å². The molecular formula is C11H12F2N2O2S. The zero-order chi connectivity index (χ0) is 13.2. The van der Waals surface area contributed by atoms with Gasteiger partial charge in [0.2, 0.25) is 5.88 Å². The van der Waals surface area contributed by atoms with E-state index in [-0.39, 0.29) is 12.5 Å². The van der Waals surface area contributed by atoms with E-state index in [1.165, 1.54) is 18.0 Å². The Morgan fingerprint density at radius 2 is 2.39 bits per heavy atom. The van der Waals surface area contributed by atoms with Gasteiger partial charge in [-0.2, -0.15) is 8.78 Å². The molecule has 18 heavy (non-hydrogen) atoms. The van der Waals surface area contributed by atoms with Gasteiger partial charge in [-0.3, -0.25) is 4.99 Å². The number of pyridine rings is 1. The second-order valence-electron chi connectivity index (χ2n) is 4.07. The van der Waals surface area contributed by atoms with E-state index in [0.29, 0.717) is 17.2 Å². The molecule has 0 aromatic carbocycles.